The predicted octanol–water partition coefficient (Wildman–Crippen LogP) is 1.24. The predicted molar refractivity (Wildman–Crippen MR) is 74.7 cm³/mol. The van der Waals surface area contributed by atoms with E-state index >= 15 is 0 Å². The number of nitro groups is 1. The van der Waals surface area contributed by atoms with E-state index in [1.165, 1.54) is 12.3 Å². The highest BCUT2D eigenvalue weighted by atomic mass is 16.6. The third kappa shape index (κ3) is 2.82. The van der Waals surface area contributed by atoms with Crippen molar-refractivity contribution in [2.45, 2.75) is 32.4 Å². The van der Waals surface area contributed by atoms with Gasteiger partial charge in [0.05, 0.1) is 11.1 Å². The molecule has 0 aliphatic carbocycles. The molecule has 20 heavy (non-hydrogen) atoms. The van der Waals surface area contributed by atoms with E-state index in [0.29, 0.717) is 12.2 Å². The van der Waals surface area contributed by atoms with E-state index < -0.39 is 4.92 Å². The van der Waals surface area contributed by atoms with Gasteiger partial charge in [0.2, 0.25) is 0 Å². The Hall–Kier alpha value is -1.89. The highest BCUT2D eigenvalue weighted by Crippen LogP contribution is 2.20. The third-order valence-corrected chi connectivity index (χ3v) is 3.83. The molecule has 110 valence electrons. The van der Waals surface area contributed by atoms with Gasteiger partial charge in [0.25, 0.3) is 11.6 Å². The molecule has 1 fully saturated rings. The molecule has 1 aliphatic rings. The van der Waals surface area contributed by atoms with Gasteiger partial charge in [-0.2, -0.15) is 0 Å². The second-order valence-electron chi connectivity index (χ2n) is 5.02. The highest BCUT2D eigenvalue weighted by molar-refractivity contribution is 5.93. The molecule has 0 unspecified atom stereocenters. The molecule has 1 aliphatic heterocycles. The average Bonchev–Trinajstić information content (AvgIpc) is 2.91. The van der Waals surface area contributed by atoms with Gasteiger partial charge in [-0.3, -0.25) is 14.9 Å². The maximum atomic E-state index is 12.5. The van der Waals surface area contributed by atoms with E-state index in [4.69, 9.17) is 0 Å². The van der Waals surface area contributed by atoms with E-state index in [2.05, 4.69) is 5.32 Å². The summed E-state index contributed by atoms with van der Waals surface area (Å²) in [6.45, 7) is 4.20. The van der Waals surface area contributed by atoms with Crippen LogP contribution in [-0.4, -0.2) is 46.5 Å². The van der Waals surface area contributed by atoms with Crippen molar-refractivity contribution in [3.8, 4) is 0 Å². The SMILES string of the molecule is CCn1cc([N+](=O)[O-])cc1C(=O)N(C)C1CCNCC1. The van der Waals surface area contributed by atoms with Crippen LogP contribution in [0, 0.1) is 10.1 Å². The van der Waals surface area contributed by atoms with Gasteiger partial charge in [-0.15, -0.1) is 0 Å². The molecule has 1 aromatic rings. The van der Waals surface area contributed by atoms with Crippen molar-refractivity contribution in [3.63, 3.8) is 0 Å². The summed E-state index contributed by atoms with van der Waals surface area (Å²) in [6, 6.07) is 1.56. The average molecular weight is 280 g/mol. The zero-order valence-corrected chi connectivity index (χ0v) is 11.8. The number of carbonyl (C=O) groups excluding carboxylic acids is 1. The first kappa shape index (κ1) is 14.5. The van der Waals surface area contributed by atoms with Crippen molar-refractivity contribution < 1.29 is 9.72 Å². The Morgan fingerprint density at radius 2 is 2.20 bits per heavy atom. The van der Waals surface area contributed by atoms with Crippen LogP contribution >= 0.6 is 0 Å². The molecule has 0 aromatic carbocycles. The summed E-state index contributed by atoms with van der Waals surface area (Å²) in [4.78, 5) is 24.6. The number of nitrogens with zero attached hydrogens (tertiary/aromatic N) is 3. The van der Waals surface area contributed by atoms with Crippen LogP contribution in [0.15, 0.2) is 12.3 Å². The molecule has 1 aromatic heterocycles. The fraction of sp³-hybridized carbons (Fsp3) is 0.615. The van der Waals surface area contributed by atoms with E-state index in [0.717, 1.165) is 25.9 Å². The number of piperidine rings is 1. The molecule has 2 heterocycles. The Bertz CT molecular complexity index is 506. The highest BCUT2D eigenvalue weighted by Gasteiger charge is 2.26. The van der Waals surface area contributed by atoms with Crippen LogP contribution in [0.25, 0.3) is 0 Å². The van der Waals surface area contributed by atoms with Crippen LogP contribution in [0.4, 0.5) is 5.69 Å². The van der Waals surface area contributed by atoms with Crippen LogP contribution in [0.3, 0.4) is 0 Å². The number of aromatic nitrogens is 1. The zero-order valence-electron chi connectivity index (χ0n) is 11.8. The fourth-order valence-electron chi connectivity index (χ4n) is 2.58. The Morgan fingerprint density at radius 3 is 2.75 bits per heavy atom. The Balaban J connectivity index is 2.20. The molecule has 0 bridgehead atoms. The first-order valence-electron chi connectivity index (χ1n) is 6.87. The summed E-state index contributed by atoms with van der Waals surface area (Å²) in [7, 11) is 1.77. The van der Waals surface area contributed by atoms with Gasteiger partial charge in [-0.25, -0.2) is 0 Å². The van der Waals surface area contributed by atoms with Crippen LogP contribution in [0.1, 0.15) is 30.3 Å². The van der Waals surface area contributed by atoms with E-state index in [1.54, 1.807) is 16.5 Å². The first-order chi connectivity index (χ1) is 9.54. The van der Waals surface area contributed by atoms with Gasteiger partial charge >= 0.3 is 0 Å². The van der Waals surface area contributed by atoms with Crippen LogP contribution in [-0.2, 0) is 6.54 Å². The number of rotatable bonds is 4. The summed E-state index contributed by atoms with van der Waals surface area (Å²) in [5.41, 5.74) is 0.356. The van der Waals surface area contributed by atoms with E-state index in [-0.39, 0.29) is 17.6 Å². The number of amides is 1. The third-order valence-electron chi connectivity index (χ3n) is 3.83. The molecule has 7 nitrogen and oxygen atoms in total. The lowest BCUT2D eigenvalue weighted by Gasteiger charge is -2.31. The molecule has 1 saturated heterocycles. The largest absolute Gasteiger partial charge is 0.337 e. The number of carbonyl (C=O) groups is 1. The van der Waals surface area contributed by atoms with Gasteiger partial charge in [-0.1, -0.05) is 0 Å². The van der Waals surface area contributed by atoms with Crippen molar-refractivity contribution in [2.24, 2.45) is 0 Å². The lowest BCUT2D eigenvalue weighted by atomic mass is 10.1. The van der Waals surface area contributed by atoms with Crippen molar-refractivity contribution in [3.05, 3.63) is 28.1 Å². The minimum atomic E-state index is -0.465. The lowest BCUT2D eigenvalue weighted by Crippen LogP contribution is -2.44. The molecule has 0 atom stereocenters. The molecule has 2 rings (SSSR count). The van der Waals surface area contributed by atoms with Crippen molar-refractivity contribution >= 4 is 11.6 Å². The number of nitrogens with one attached hydrogen (secondary N) is 1. The summed E-state index contributed by atoms with van der Waals surface area (Å²) in [6.07, 6.45) is 3.25. The summed E-state index contributed by atoms with van der Waals surface area (Å²) in [5.74, 6) is -0.146. The molecular weight excluding hydrogens is 260 g/mol. The second-order valence-corrected chi connectivity index (χ2v) is 5.02. The minimum Gasteiger partial charge on any atom is -0.337 e. The van der Waals surface area contributed by atoms with Gasteiger partial charge in [0.1, 0.15) is 5.69 Å². The molecular formula is C13H20N4O3. The summed E-state index contributed by atoms with van der Waals surface area (Å²) >= 11 is 0. The van der Waals surface area contributed by atoms with E-state index in [1.807, 2.05) is 6.92 Å². The minimum absolute atomic E-state index is 0.0334. The molecule has 0 saturated carbocycles. The maximum absolute atomic E-state index is 12.5. The lowest BCUT2D eigenvalue weighted by molar-refractivity contribution is -0.384. The summed E-state index contributed by atoms with van der Waals surface area (Å²) in [5, 5.41) is 14.1. The smallest absolute Gasteiger partial charge is 0.287 e. The maximum Gasteiger partial charge on any atom is 0.287 e. The first-order valence-corrected chi connectivity index (χ1v) is 6.87. The van der Waals surface area contributed by atoms with Crippen molar-refractivity contribution in [1.82, 2.24) is 14.8 Å². The van der Waals surface area contributed by atoms with Crippen LogP contribution in [0.2, 0.25) is 0 Å². The fourth-order valence-corrected chi connectivity index (χ4v) is 2.58. The topological polar surface area (TPSA) is 80.4 Å². The normalized spacial score (nSPS) is 16.1. The van der Waals surface area contributed by atoms with Crippen LogP contribution < -0.4 is 5.32 Å². The Labute approximate surface area is 117 Å². The molecule has 0 radical (unpaired) electrons. The van der Waals surface area contributed by atoms with Crippen molar-refractivity contribution in [2.75, 3.05) is 20.1 Å². The van der Waals surface area contributed by atoms with Gasteiger partial charge in [0, 0.05) is 25.7 Å². The van der Waals surface area contributed by atoms with E-state index in [9.17, 15) is 14.9 Å². The van der Waals surface area contributed by atoms with Gasteiger partial charge in [-0.05, 0) is 32.9 Å². The standard InChI is InChI=1S/C13H20N4O3/c1-3-16-9-11(17(19)20)8-12(16)13(18)15(2)10-4-6-14-7-5-10/h8-10,14H,3-7H2,1-2H3. The quantitative estimate of drug-likeness (QED) is 0.664. The number of hydrogen-bond donors (Lipinski definition) is 1. The summed E-state index contributed by atoms with van der Waals surface area (Å²) < 4.78 is 1.64. The number of hydrogen-bond acceptors (Lipinski definition) is 4. The molecule has 0 spiro atoms. The Kier molecular flexibility index (Phi) is 4.39. The molecule has 7 heteroatoms. The molecule has 1 N–H and O–H groups in total. The second kappa shape index (κ2) is 6.04. The van der Waals surface area contributed by atoms with Gasteiger partial charge in [0.15, 0.2) is 0 Å². The van der Waals surface area contributed by atoms with Gasteiger partial charge < -0.3 is 14.8 Å². The number of aryl methyl sites for hydroxylation is 1. The monoisotopic (exact) mass is 280 g/mol. The zero-order chi connectivity index (χ0) is 14.7. The van der Waals surface area contributed by atoms with Crippen molar-refractivity contribution in [1.29, 1.82) is 0 Å². The Morgan fingerprint density at radius 1 is 1.55 bits per heavy atom. The molecule has 1 amide bonds. The van der Waals surface area contributed by atoms with Crippen LogP contribution in [0.5, 0.6) is 0 Å².